The number of hydrogen-bond acceptors (Lipinski definition) is 3. The van der Waals surface area contributed by atoms with E-state index in [9.17, 15) is 0 Å². The number of benzene rings is 1. The molecule has 1 aliphatic heterocycles. The van der Waals surface area contributed by atoms with Crippen LogP contribution in [-0.2, 0) is 6.42 Å². The molecule has 0 aliphatic carbocycles. The Bertz CT molecular complexity index is 421. The third kappa shape index (κ3) is 3.39. The number of halogens is 1. The first-order chi connectivity index (χ1) is 8.56. The van der Waals surface area contributed by atoms with Gasteiger partial charge in [0.05, 0.1) is 4.47 Å². The molecule has 0 amide bonds. The fourth-order valence-corrected chi connectivity index (χ4v) is 2.88. The Labute approximate surface area is 117 Å². The Morgan fingerprint density at radius 2 is 2.00 bits per heavy atom. The van der Waals surface area contributed by atoms with E-state index < -0.39 is 0 Å². The van der Waals surface area contributed by atoms with Gasteiger partial charge in [-0.3, -0.25) is 0 Å². The Hall–Kier alpha value is -0.740. The highest BCUT2D eigenvalue weighted by atomic mass is 79.9. The van der Waals surface area contributed by atoms with Crippen LogP contribution in [0.2, 0.25) is 0 Å². The van der Waals surface area contributed by atoms with Crippen molar-refractivity contribution >= 4 is 15.9 Å². The van der Waals surface area contributed by atoms with Crippen LogP contribution in [0.4, 0.5) is 0 Å². The molecule has 0 spiro atoms. The zero-order chi connectivity index (χ0) is 13.1. The summed E-state index contributed by atoms with van der Waals surface area (Å²) in [5.74, 6) is 2.26. The summed E-state index contributed by atoms with van der Waals surface area (Å²) >= 11 is 3.53. The summed E-state index contributed by atoms with van der Waals surface area (Å²) in [5.41, 5.74) is 7.34. The third-order valence-electron chi connectivity index (χ3n) is 2.93. The highest BCUT2D eigenvalue weighted by molar-refractivity contribution is 9.10. The molecule has 18 heavy (non-hydrogen) atoms. The molecule has 1 aromatic carbocycles. The number of hydrogen-bond donors (Lipinski definition) is 1. The van der Waals surface area contributed by atoms with Gasteiger partial charge in [-0.25, -0.2) is 0 Å². The number of fused-ring (bicyclic) bond motifs is 1. The van der Waals surface area contributed by atoms with Crippen molar-refractivity contribution in [2.45, 2.75) is 32.7 Å². The fourth-order valence-electron chi connectivity index (χ4n) is 2.27. The van der Waals surface area contributed by atoms with Crippen molar-refractivity contribution in [2.24, 2.45) is 11.7 Å². The van der Waals surface area contributed by atoms with E-state index >= 15 is 0 Å². The summed E-state index contributed by atoms with van der Waals surface area (Å²) in [6.07, 6.45) is 1.90. The molecule has 4 heteroatoms. The van der Waals surface area contributed by atoms with Gasteiger partial charge >= 0.3 is 0 Å². The average Bonchev–Trinajstić information content (AvgIpc) is 2.27. The van der Waals surface area contributed by atoms with Gasteiger partial charge < -0.3 is 15.2 Å². The molecular weight excluding hydrogens is 294 g/mol. The Morgan fingerprint density at radius 1 is 1.28 bits per heavy atom. The number of rotatable bonds is 4. The zero-order valence-corrected chi connectivity index (χ0v) is 12.5. The normalized spacial score (nSPS) is 15.8. The van der Waals surface area contributed by atoms with Crippen LogP contribution in [-0.4, -0.2) is 19.3 Å². The molecule has 0 fully saturated rings. The smallest absolute Gasteiger partial charge is 0.175 e. The Morgan fingerprint density at radius 3 is 2.72 bits per heavy atom. The lowest BCUT2D eigenvalue weighted by Crippen LogP contribution is -2.25. The van der Waals surface area contributed by atoms with Gasteiger partial charge in [0.15, 0.2) is 11.5 Å². The molecule has 100 valence electrons. The predicted octanol–water partition coefficient (Wildman–Crippen LogP) is 3.14. The first kappa shape index (κ1) is 13.7. The molecule has 0 radical (unpaired) electrons. The predicted molar refractivity (Wildman–Crippen MR) is 76.3 cm³/mol. The van der Waals surface area contributed by atoms with Gasteiger partial charge in [0, 0.05) is 6.04 Å². The molecule has 1 unspecified atom stereocenters. The van der Waals surface area contributed by atoms with E-state index in [0.717, 1.165) is 28.8 Å². The molecule has 1 aromatic rings. The van der Waals surface area contributed by atoms with Crippen molar-refractivity contribution in [3.8, 4) is 11.5 Å². The molecule has 0 saturated heterocycles. The average molecular weight is 314 g/mol. The van der Waals surface area contributed by atoms with Gasteiger partial charge in [0.25, 0.3) is 0 Å². The van der Waals surface area contributed by atoms with Crippen LogP contribution >= 0.6 is 15.9 Å². The molecule has 2 rings (SSSR count). The van der Waals surface area contributed by atoms with Gasteiger partial charge in [-0.1, -0.05) is 13.8 Å². The summed E-state index contributed by atoms with van der Waals surface area (Å²) in [6, 6.07) is 4.31. The van der Waals surface area contributed by atoms with Gasteiger partial charge in [0.2, 0.25) is 0 Å². The van der Waals surface area contributed by atoms with Crippen LogP contribution in [0.15, 0.2) is 16.6 Å². The molecule has 0 aromatic heterocycles. The molecule has 0 bridgehead atoms. The monoisotopic (exact) mass is 313 g/mol. The van der Waals surface area contributed by atoms with Crippen molar-refractivity contribution in [1.29, 1.82) is 0 Å². The first-order valence-corrected chi connectivity index (χ1v) is 7.19. The molecule has 3 nitrogen and oxygen atoms in total. The van der Waals surface area contributed by atoms with E-state index in [1.54, 1.807) is 0 Å². The largest absolute Gasteiger partial charge is 0.486 e. The van der Waals surface area contributed by atoms with Gasteiger partial charge in [-0.05, 0) is 52.4 Å². The van der Waals surface area contributed by atoms with Crippen molar-refractivity contribution in [2.75, 3.05) is 13.2 Å². The van der Waals surface area contributed by atoms with Crippen LogP contribution < -0.4 is 15.2 Å². The van der Waals surface area contributed by atoms with Gasteiger partial charge in [0.1, 0.15) is 13.2 Å². The SMILES string of the molecule is CC(C)CC(N)Cc1cc(Br)c2c(c1)OCCO2. The van der Waals surface area contributed by atoms with E-state index in [1.807, 2.05) is 6.07 Å². The molecule has 0 saturated carbocycles. The molecule has 1 aliphatic rings. The maximum absolute atomic E-state index is 6.15. The summed E-state index contributed by atoms with van der Waals surface area (Å²) < 4.78 is 12.1. The van der Waals surface area contributed by atoms with Crippen molar-refractivity contribution in [3.05, 3.63) is 22.2 Å². The molecule has 2 N–H and O–H groups in total. The van der Waals surface area contributed by atoms with Crippen LogP contribution in [0.5, 0.6) is 11.5 Å². The van der Waals surface area contributed by atoms with Crippen LogP contribution in [0.1, 0.15) is 25.8 Å². The topological polar surface area (TPSA) is 44.5 Å². The number of nitrogens with two attached hydrogens (primary N) is 1. The minimum atomic E-state index is 0.194. The molecule has 1 heterocycles. The summed E-state index contributed by atoms with van der Waals surface area (Å²) in [4.78, 5) is 0. The minimum absolute atomic E-state index is 0.194. The molecular formula is C14H20BrNO2. The zero-order valence-electron chi connectivity index (χ0n) is 10.9. The lowest BCUT2D eigenvalue weighted by atomic mass is 9.98. The first-order valence-electron chi connectivity index (χ1n) is 6.40. The lowest BCUT2D eigenvalue weighted by Gasteiger charge is -2.21. The van der Waals surface area contributed by atoms with Gasteiger partial charge in [-0.15, -0.1) is 0 Å². The van der Waals surface area contributed by atoms with Crippen LogP contribution in [0, 0.1) is 5.92 Å². The van der Waals surface area contributed by atoms with Gasteiger partial charge in [-0.2, -0.15) is 0 Å². The van der Waals surface area contributed by atoms with E-state index in [2.05, 4.69) is 35.8 Å². The second kappa shape index (κ2) is 5.93. The Balaban J connectivity index is 2.12. The standard InChI is InChI=1S/C14H20BrNO2/c1-9(2)5-11(16)6-10-7-12(15)14-13(8-10)17-3-4-18-14/h7-9,11H,3-6,16H2,1-2H3. The van der Waals surface area contributed by atoms with Crippen molar-refractivity contribution in [1.82, 2.24) is 0 Å². The fraction of sp³-hybridized carbons (Fsp3) is 0.571. The minimum Gasteiger partial charge on any atom is -0.486 e. The summed E-state index contributed by atoms with van der Waals surface area (Å²) in [7, 11) is 0. The van der Waals surface area contributed by atoms with E-state index in [0.29, 0.717) is 19.1 Å². The van der Waals surface area contributed by atoms with E-state index in [4.69, 9.17) is 15.2 Å². The summed E-state index contributed by atoms with van der Waals surface area (Å²) in [5, 5.41) is 0. The number of ether oxygens (including phenoxy) is 2. The van der Waals surface area contributed by atoms with E-state index in [1.165, 1.54) is 5.56 Å². The maximum atomic E-state index is 6.15. The second-order valence-electron chi connectivity index (χ2n) is 5.20. The van der Waals surface area contributed by atoms with Crippen LogP contribution in [0.25, 0.3) is 0 Å². The van der Waals surface area contributed by atoms with E-state index in [-0.39, 0.29) is 6.04 Å². The summed E-state index contributed by atoms with van der Waals surface area (Å²) in [6.45, 7) is 5.61. The lowest BCUT2D eigenvalue weighted by molar-refractivity contribution is 0.170. The molecule has 1 atom stereocenters. The van der Waals surface area contributed by atoms with Crippen LogP contribution in [0.3, 0.4) is 0 Å². The Kier molecular flexibility index (Phi) is 4.51. The highest BCUT2D eigenvalue weighted by Gasteiger charge is 2.17. The van der Waals surface area contributed by atoms with Crippen molar-refractivity contribution in [3.63, 3.8) is 0 Å². The maximum Gasteiger partial charge on any atom is 0.175 e. The quantitative estimate of drug-likeness (QED) is 0.928. The third-order valence-corrected chi connectivity index (χ3v) is 3.52. The highest BCUT2D eigenvalue weighted by Crippen LogP contribution is 2.38. The van der Waals surface area contributed by atoms with Crippen molar-refractivity contribution < 1.29 is 9.47 Å². The second-order valence-corrected chi connectivity index (χ2v) is 6.05.